The van der Waals surface area contributed by atoms with E-state index in [0.29, 0.717) is 29.1 Å². The lowest BCUT2D eigenvalue weighted by molar-refractivity contribution is 0.0341. The van der Waals surface area contributed by atoms with Crippen molar-refractivity contribution in [2.75, 3.05) is 18.5 Å². The van der Waals surface area contributed by atoms with Crippen molar-refractivity contribution in [1.82, 2.24) is 0 Å². The average molecular weight is 379 g/mol. The molecule has 8 heteroatoms. The molecule has 1 aromatic carbocycles. The summed E-state index contributed by atoms with van der Waals surface area (Å²) in [6, 6.07) is 4.82. The standard InChI is InChI=1S/C18H23BFNO4S/c1-17(2,3)25-16(22)21-14-8-11-13(26-14)7-6-12(20)15(11)19-23-9-18(4,5)10-24-19/h6-8H,9-10H2,1-5H3,(H,21,22). The molecule has 0 spiro atoms. The second kappa shape index (κ2) is 6.83. The molecular weight excluding hydrogens is 356 g/mol. The molecule has 26 heavy (non-hydrogen) atoms. The molecule has 0 bridgehead atoms. The van der Waals surface area contributed by atoms with Gasteiger partial charge in [0.2, 0.25) is 0 Å². The number of rotatable bonds is 2. The summed E-state index contributed by atoms with van der Waals surface area (Å²) < 4.78 is 32.1. The minimum absolute atomic E-state index is 0.0983. The molecule has 0 aliphatic carbocycles. The van der Waals surface area contributed by atoms with Gasteiger partial charge in [0, 0.05) is 28.8 Å². The van der Waals surface area contributed by atoms with Crippen LogP contribution in [0, 0.1) is 11.2 Å². The van der Waals surface area contributed by atoms with E-state index in [-0.39, 0.29) is 11.2 Å². The van der Waals surface area contributed by atoms with Crippen molar-refractivity contribution < 1.29 is 23.2 Å². The Hall–Kier alpha value is -1.64. The Balaban J connectivity index is 1.87. The van der Waals surface area contributed by atoms with E-state index < -0.39 is 18.8 Å². The molecule has 5 nitrogen and oxygen atoms in total. The smallest absolute Gasteiger partial charge is 0.444 e. The average Bonchev–Trinajstić information content (AvgIpc) is 2.88. The number of halogens is 1. The molecule has 0 atom stereocenters. The molecule has 0 saturated carbocycles. The van der Waals surface area contributed by atoms with Crippen LogP contribution >= 0.6 is 11.3 Å². The van der Waals surface area contributed by atoms with Crippen LogP contribution in [-0.4, -0.2) is 32.0 Å². The van der Waals surface area contributed by atoms with E-state index >= 15 is 0 Å². The fourth-order valence-corrected chi connectivity index (χ4v) is 3.63. The van der Waals surface area contributed by atoms with Gasteiger partial charge in [0.25, 0.3) is 0 Å². The summed E-state index contributed by atoms with van der Waals surface area (Å²) in [6.45, 7) is 10.4. The van der Waals surface area contributed by atoms with Gasteiger partial charge in [-0.15, -0.1) is 11.3 Å². The Labute approximate surface area is 157 Å². The fraction of sp³-hybridized carbons (Fsp3) is 0.500. The molecule has 1 saturated heterocycles. The molecular formula is C18H23BFNO4S. The quantitative estimate of drug-likeness (QED) is 0.797. The van der Waals surface area contributed by atoms with Crippen LogP contribution in [0.4, 0.5) is 14.2 Å². The first kappa shape index (κ1) is 19.1. The number of amides is 1. The third-order valence-corrected chi connectivity index (χ3v) is 4.82. The molecule has 1 N–H and O–H groups in total. The minimum atomic E-state index is -0.754. The van der Waals surface area contributed by atoms with Gasteiger partial charge in [0.15, 0.2) is 0 Å². The van der Waals surface area contributed by atoms with Crippen LogP contribution in [-0.2, 0) is 14.0 Å². The molecule has 1 fully saturated rings. The first-order valence-electron chi connectivity index (χ1n) is 8.49. The van der Waals surface area contributed by atoms with E-state index in [9.17, 15) is 9.18 Å². The maximum atomic E-state index is 14.5. The van der Waals surface area contributed by atoms with E-state index in [1.54, 1.807) is 32.9 Å². The summed E-state index contributed by atoms with van der Waals surface area (Å²) >= 11 is 1.35. The van der Waals surface area contributed by atoms with Crippen molar-refractivity contribution in [2.45, 2.75) is 40.2 Å². The van der Waals surface area contributed by atoms with Crippen LogP contribution in [0.5, 0.6) is 0 Å². The second-order valence-electron chi connectivity index (χ2n) is 8.23. The Kier molecular flexibility index (Phi) is 5.03. The number of carbonyl (C=O) groups excluding carboxylic acids is 1. The summed E-state index contributed by atoms with van der Waals surface area (Å²) in [4.78, 5) is 12.0. The first-order chi connectivity index (χ1) is 12.0. The number of fused-ring (bicyclic) bond motifs is 1. The Morgan fingerprint density at radius 3 is 2.58 bits per heavy atom. The number of ether oxygens (including phenoxy) is 1. The summed E-state index contributed by atoms with van der Waals surface area (Å²) in [7, 11) is -0.754. The van der Waals surface area contributed by atoms with Gasteiger partial charge in [0.1, 0.15) is 11.4 Å². The summed E-state index contributed by atoms with van der Waals surface area (Å²) in [5, 5.41) is 3.96. The monoisotopic (exact) mass is 379 g/mol. The highest BCUT2D eigenvalue weighted by molar-refractivity contribution is 7.23. The van der Waals surface area contributed by atoms with Gasteiger partial charge in [-0.1, -0.05) is 13.8 Å². The number of hydrogen-bond donors (Lipinski definition) is 1. The van der Waals surface area contributed by atoms with Crippen LogP contribution in [0.2, 0.25) is 0 Å². The van der Waals surface area contributed by atoms with E-state index in [1.165, 1.54) is 17.4 Å². The van der Waals surface area contributed by atoms with Crippen molar-refractivity contribution in [3.63, 3.8) is 0 Å². The Morgan fingerprint density at radius 1 is 1.31 bits per heavy atom. The molecule has 1 amide bonds. The molecule has 2 heterocycles. The Morgan fingerprint density at radius 2 is 1.96 bits per heavy atom. The molecule has 1 aromatic heterocycles. The molecule has 140 valence electrons. The zero-order valence-electron chi connectivity index (χ0n) is 15.6. The van der Waals surface area contributed by atoms with E-state index in [4.69, 9.17) is 14.0 Å². The van der Waals surface area contributed by atoms with E-state index in [1.807, 2.05) is 13.8 Å². The van der Waals surface area contributed by atoms with Crippen molar-refractivity contribution in [1.29, 1.82) is 0 Å². The van der Waals surface area contributed by atoms with Crippen molar-refractivity contribution in [2.24, 2.45) is 5.41 Å². The van der Waals surface area contributed by atoms with Crippen molar-refractivity contribution in [3.05, 3.63) is 24.0 Å². The van der Waals surface area contributed by atoms with Crippen LogP contribution in [0.15, 0.2) is 18.2 Å². The zero-order chi connectivity index (χ0) is 19.1. The molecule has 1 aliphatic rings. The van der Waals surface area contributed by atoms with Crippen LogP contribution in [0.25, 0.3) is 10.1 Å². The zero-order valence-corrected chi connectivity index (χ0v) is 16.5. The summed E-state index contributed by atoms with van der Waals surface area (Å²) in [5.41, 5.74) is -0.320. The molecule has 0 unspecified atom stereocenters. The summed E-state index contributed by atoms with van der Waals surface area (Å²) in [5.74, 6) is -0.385. The molecule has 3 rings (SSSR count). The molecule has 0 radical (unpaired) electrons. The normalized spacial score (nSPS) is 17.4. The number of hydrogen-bond acceptors (Lipinski definition) is 5. The van der Waals surface area contributed by atoms with Gasteiger partial charge in [-0.2, -0.15) is 0 Å². The lowest BCUT2D eigenvalue weighted by Crippen LogP contribution is -2.48. The lowest BCUT2D eigenvalue weighted by Gasteiger charge is -2.33. The van der Waals surface area contributed by atoms with Gasteiger partial charge in [-0.3, -0.25) is 5.32 Å². The predicted octanol–water partition coefficient (Wildman–Crippen LogP) is 4.16. The number of benzene rings is 1. The van der Waals surface area contributed by atoms with Gasteiger partial charge < -0.3 is 14.0 Å². The number of thiophene rings is 1. The maximum absolute atomic E-state index is 14.5. The SMILES string of the molecule is CC1(C)COB(c2c(F)ccc3sc(NC(=O)OC(C)(C)C)cc23)OC1. The van der Waals surface area contributed by atoms with Gasteiger partial charge in [0.05, 0.1) is 5.00 Å². The fourth-order valence-electron chi connectivity index (χ4n) is 2.67. The lowest BCUT2D eigenvalue weighted by atomic mass is 9.74. The van der Waals surface area contributed by atoms with Gasteiger partial charge >= 0.3 is 13.2 Å². The largest absolute Gasteiger partial charge is 0.497 e. The van der Waals surface area contributed by atoms with Crippen molar-refractivity contribution in [3.8, 4) is 0 Å². The third-order valence-electron chi connectivity index (χ3n) is 3.80. The number of carbonyl (C=O) groups is 1. The van der Waals surface area contributed by atoms with E-state index in [2.05, 4.69) is 5.32 Å². The van der Waals surface area contributed by atoms with Crippen LogP contribution < -0.4 is 10.8 Å². The Bertz CT molecular complexity index is 820. The third kappa shape index (κ3) is 4.36. The maximum Gasteiger partial charge on any atom is 0.497 e. The number of anilines is 1. The first-order valence-corrected chi connectivity index (χ1v) is 9.31. The van der Waals surface area contributed by atoms with Crippen molar-refractivity contribution >= 4 is 45.1 Å². The van der Waals surface area contributed by atoms with Gasteiger partial charge in [-0.05, 0) is 44.4 Å². The highest BCUT2D eigenvalue weighted by atomic mass is 32.1. The van der Waals surface area contributed by atoms with Gasteiger partial charge in [-0.25, -0.2) is 9.18 Å². The molecule has 2 aromatic rings. The second-order valence-corrected chi connectivity index (χ2v) is 9.31. The topological polar surface area (TPSA) is 56.8 Å². The highest BCUT2D eigenvalue weighted by Gasteiger charge is 2.36. The van der Waals surface area contributed by atoms with E-state index in [0.717, 1.165) is 4.70 Å². The minimum Gasteiger partial charge on any atom is -0.444 e. The highest BCUT2D eigenvalue weighted by Crippen LogP contribution is 2.31. The van der Waals surface area contributed by atoms with Crippen LogP contribution in [0.1, 0.15) is 34.6 Å². The van der Waals surface area contributed by atoms with Crippen LogP contribution in [0.3, 0.4) is 0 Å². The predicted molar refractivity (Wildman–Crippen MR) is 103 cm³/mol. The summed E-state index contributed by atoms with van der Waals surface area (Å²) in [6.07, 6.45) is -0.544. The number of nitrogens with one attached hydrogen (secondary N) is 1. The molecule has 1 aliphatic heterocycles.